The normalized spacial score (nSPS) is 12.4. The Kier molecular flexibility index (Phi) is 5.42. The van der Waals surface area contributed by atoms with Crippen molar-refractivity contribution in [2.24, 2.45) is 0 Å². The fraction of sp³-hybridized carbons (Fsp3) is 0.636. The van der Waals surface area contributed by atoms with Crippen molar-refractivity contribution in [3.05, 3.63) is 16.1 Å². The first-order chi connectivity index (χ1) is 7.63. The lowest BCUT2D eigenvalue weighted by atomic mass is 10.2. The summed E-state index contributed by atoms with van der Waals surface area (Å²) in [5.74, 6) is -0.156. The topological polar surface area (TPSA) is 51.2 Å². The van der Waals surface area contributed by atoms with E-state index in [1.54, 1.807) is 11.3 Å². The maximum absolute atomic E-state index is 11.1. The Morgan fingerprint density at radius 3 is 3.00 bits per heavy atom. The molecule has 0 saturated carbocycles. The minimum absolute atomic E-state index is 0.156. The average molecular weight is 242 g/mol. The van der Waals surface area contributed by atoms with Gasteiger partial charge in [0.1, 0.15) is 0 Å². The predicted octanol–water partition coefficient (Wildman–Crippen LogP) is 2.06. The van der Waals surface area contributed by atoms with Gasteiger partial charge in [-0.25, -0.2) is 4.98 Å². The summed E-state index contributed by atoms with van der Waals surface area (Å²) in [6, 6.07) is 0.180. The van der Waals surface area contributed by atoms with Crippen LogP contribution in [0.2, 0.25) is 0 Å². The van der Waals surface area contributed by atoms with Crippen LogP contribution in [0.1, 0.15) is 37.0 Å². The van der Waals surface area contributed by atoms with Gasteiger partial charge in [-0.05, 0) is 20.8 Å². The summed E-state index contributed by atoms with van der Waals surface area (Å²) in [6.07, 6.45) is 0.404. The molecule has 16 heavy (non-hydrogen) atoms. The van der Waals surface area contributed by atoms with Crippen molar-refractivity contribution in [3.8, 4) is 0 Å². The van der Waals surface area contributed by atoms with Crippen LogP contribution in [0.4, 0.5) is 0 Å². The number of nitrogens with one attached hydrogen (secondary N) is 1. The van der Waals surface area contributed by atoms with Crippen molar-refractivity contribution in [1.29, 1.82) is 0 Å². The van der Waals surface area contributed by atoms with Gasteiger partial charge in [0, 0.05) is 18.0 Å². The standard InChI is InChI=1S/C11H18N2O2S/c1-4-15-11(14)5-6-12-8(2)10-7-16-9(3)13-10/h7-8,12H,4-6H2,1-3H3. The molecule has 0 aromatic carbocycles. The smallest absolute Gasteiger partial charge is 0.307 e. The highest BCUT2D eigenvalue weighted by atomic mass is 32.1. The van der Waals surface area contributed by atoms with Gasteiger partial charge in [0.15, 0.2) is 0 Å². The maximum atomic E-state index is 11.1. The molecule has 1 unspecified atom stereocenters. The first kappa shape index (κ1) is 13.1. The van der Waals surface area contributed by atoms with Crippen LogP contribution in [0.25, 0.3) is 0 Å². The Bertz CT molecular complexity index is 338. The molecule has 4 nitrogen and oxygen atoms in total. The summed E-state index contributed by atoms with van der Waals surface area (Å²) >= 11 is 1.64. The molecule has 1 N–H and O–H groups in total. The first-order valence-corrected chi connectivity index (χ1v) is 6.32. The number of esters is 1. The number of aryl methyl sites for hydroxylation is 1. The molecule has 0 spiro atoms. The fourth-order valence-electron chi connectivity index (χ4n) is 1.31. The number of aromatic nitrogens is 1. The van der Waals surface area contributed by atoms with Crippen molar-refractivity contribution < 1.29 is 9.53 Å². The minimum atomic E-state index is -0.156. The third-order valence-corrected chi connectivity index (χ3v) is 2.96. The van der Waals surface area contributed by atoms with E-state index in [1.165, 1.54) is 0 Å². The molecule has 1 aromatic rings. The zero-order valence-electron chi connectivity index (χ0n) is 9.95. The van der Waals surface area contributed by atoms with Gasteiger partial charge >= 0.3 is 5.97 Å². The number of carbonyl (C=O) groups excluding carboxylic acids is 1. The highest BCUT2D eigenvalue weighted by Crippen LogP contribution is 2.15. The molecule has 5 heteroatoms. The Morgan fingerprint density at radius 2 is 2.44 bits per heavy atom. The van der Waals surface area contributed by atoms with Crippen molar-refractivity contribution in [2.75, 3.05) is 13.2 Å². The summed E-state index contributed by atoms with van der Waals surface area (Å²) in [5, 5.41) is 6.35. The number of hydrogen-bond acceptors (Lipinski definition) is 5. The van der Waals surface area contributed by atoms with Gasteiger partial charge in [-0.1, -0.05) is 0 Å². The molecule has 0 aliphatic heterocycles. The van der Waals surface area contributed by atoms with Crippen LogP contribution in [-0.2, 0) is 9.53 Å². The van der Waals surface area contributed by atoms with E-state index in [-0.39, 0.29) is 12.0 Å². The summed E-state index contributed by atoms with van der Waals surface area (Å²) in [7, 11) is 0. The van der Waals surface area contributed by atoms with Gasteiger partial charge in [-0.2, -0.15) is 0 Å². The van der Waals surface area contributed by atoms with Crippen molar-refractivity contribution >= 4 is 17.3 Å². The number of nitrogens with zero attached hydrogens (tertiary/aromatic N) is 1. The predicted molar refractivity (Wildman–Crippen MR) is 64.5 cm³/mol. The molecule has 0 aliphatic carbocycles. The SMILES string of the molecule is CCOC(=O)CCNC(C)c1csc(C)n1. The van der Waals surface area contributed by atoms with E-state index in [0.29, 0.717) is 19.6 Å². The summed E-state index contributed by atoms with van der Waals surface area (Å²) in [4.78, 5) is 15.5. The Balaban J connectivity index is 2.25. The Labute approximate surface area is 100 Å². The van der Waals surface area contributed by atoms with E-state index in [0.717, 1.165) is 10.7 Å². The molecular weight excluding hydrogens is 224 g/mol. The third-order valence-electron chi connectivity index (χ3n) is 2.17. The molecule has 1 heterocycles. The fourth-order valence-corrected chi connectivity index (χ4v) is 2.01. The number of carbonyl (C=O) groups is 1. The van der Waals surface area contributed by atoms with Crippen LogP contribution in [0.3, 0.4) is 0 Å². The zero-order valence-corrected chi connectivity index (χ0v) is 10.8. The Morgan fingerprint density at radius 1 is 1.69 bits per heavy atom. The molecule has 0 radical (unpaired) electrons. The van der Waals surface area contributed by atoms with E-state index < -0.39 is 0 Å². The maximum Gasteiger partial charge on any atom is 0.307 e. The van der Waals surface area contributed by atoms with E-state index in [9.17, 15) is 4.79 Å². The van der Waals surface area contributed by atoms with E-state index >= 15 is 0 Å². The van der Waals surface area contributed by atoms with Gasteiger partial charge in [0.2, 0.25) is 0 Å². The quantitative estimate of drug-likeness (QED) is 0.776. The van der Waals surface area contributed by atoms with Crippen molar-refractivity contribution in [2.45, 2.75) is 33.2 Å². The molecule has 1 rings (SSSR count). The van der Waals surface area contributed by atoms with E-state index in [4.69, 9.17) is 4.74 Å². The summed E-state index contributed by atoms with van der Waals surface area (Å²) < 4.78 is 4.84. The van der Waals surface area contributed by atoms with Crippen LogP contribution < -0.4 is 5.32 Å². The van der Waals surface area contributed by atoms with Gasteiger partial charge in [0.05, 0.1) is 23.7 Å². The van der Waals surface area contributed by atoms with Crippen molar-refractivity contribution in [3.63, 3.8) is 0 Å². The average Bonchev–Trinajstić information content (AvgIpc) is 2.65. The second kappa shape index (κ2) is 6.60. The van der Waals surface area contributed by atoms with Gasteiger partial charge in [-0.15, -0.1) is 11.3 Å². The van der Waals surface area contributed by atoms with Crippen LogP contribution in [-0.4, -0.2) is 24.1 Å². The monoisotopic (exact) mass is 242 g/mol. The Hall–Kier alpha value is -0.940. The molecule has 0 aliphatic rings. The highest BCUT2D eigenvalue weighted by Gasteiger charge is 2.09. The van der Waals surface area contributed by atoms with E-state index in [2.05, 4.69) is 10.3 Å². The highest BCUT2D eigenvalue weighted by molar-refractivity contribution is 7.09. The molecule has 0 bridgehead atoms. The number of hydrogen-bond donors (Lipinski definition) is 1. The lowest BCUT2D eigenvalue weighted by Gasteiger charge is -2.10. The molecule has 1 atom stereocenters. The third kappa shape index (κ3) is 4.28. The largest absolute Gasteiger partial charge is 0.466 e. The minimum Gasteiger partial charge on any atom is -0.466 e. The first-order valence-electron chi connectivity index (χ1n) is 5.44. The molecule has 90 valence electrons. The van der Waals surface area contributed by atoms with E-state index in [1.807, 2.05) is 26.2 Å². The number of rotatable bonds is 6. The lowest BCUT2D eigenvalue weighted by Crippen LogP contribution is -2.23. The second-order valence-corrected chi connectivity index (χ2v) is 4.58. The molecule has 1 aromatic heterocycles. The van der Waals surface area contributed by atoms with Gasteiger partial charge in [0.25, 0.3) is 0 Å². The number of ether oxygens (including phenoxy) is 1. The van der Waals surface area contributed by atoms with Gasteiger partial charge in [-0.3, -0.25) is 4.79 Å². The van der Waals surface area contributed by atoms with Gasteiger partial charge < -0.3 is 10.1 Å². The molecule has 0 saturated heterocycles. The summed E-state index contributed by atoms with van der Waals surface area (Å²) in [6.45, 7) is 6.90. The van der Waals surface area contributed by atoms with Crippen LogP contribution in [0, 0.1) is 6.92 Å². The second-order valence-electron chi connectivity index (χ2n) is 3.52. The molecule has 0 amide bonds. The number of thiazole rings is 1. The molecular formula is C11H18N2O2S. The lowest BCUT2D eigenvalue weighted by molar-refractivity contribution is -0.143. The summed E-state index contributed by atoms with van der Waals surface area (Å²) in [5.41, 5.74) is 1.03. The van der Waals surface area contributed by atoms with Crippen LogP contribution in [0.5, 0.6) is 0 Å². The van der Waals surface area contributed by atoms with Crippen molar-refractivity contribution in [1.82, 2.24) is 10.3 Å². The van der Waals surface area contributed by atoms with Crippen LogP contribution >= 0.6 is 11.3 Å². The van der Waals surface area contributed by atoms with Crippen LogP contribution in [0.15, 0.2) is 5.38 Å². The zero-order chi connectivity index (χ0) is 12.0. The molecule has 0 fully saturated rings.